The Kier molecular flexibility index (Phi) is 7.00. The third kappa shape index (κ3) is 4.69. The van der Waals surface area contributed by atoms with Gasteiger partial charge >= 0.3 is 12.1 Å². The SMILES string of the molecule is COC(=O)C1NCCN(C(=O)OCc2ccccc2)C1C(=O)C1CCNCC1. The second-order valence-electron chi connectivity index (χ2n) is 7.06. The molecule has 2 aliphatic rings. The van der Waals surface area contributed by atoms with Gasteiger partial charge in [-0.25, -0.2) is 4.79 Å². The number of piperazine rings is 1. The number of hydrogen-bond acceptors (Lipinski definition) is 7. The van der Waals surface area contributed by atoms with Gasteiger partial charge in [0, 0.05) is 19.0 Å². The first-order chi connectivity index (χ1) is 13.6. The molecule has 2 fully saturated rings. The third-order valence-corrected chi connectivity index (χ3v) is 5.30. The van der Waals surface area contributed by atoms with Crippen molar-refractivity contribution in [2.45, 2.75) is 31.5 Å². The van der Waals surface area contributed by atoms with E-state index in [4.69, 9.17) is 9.47 Å². The van der Waals surface area contributed by atoms with Crippen molar-refractivity contribution in [1.82, 2.24) is 15.5 Å². The van der Waals surface area contributed by atoms with E-state index in [0.29, 0.717) is 25.9 Å². The number of Topliss-reactive ketones (excluding diaryl/α,β-unsaturated/α-hetero) is 1. The van der Waals surface area contributed by atoms with Crippen molar-refractivity contribution in [2.24, 2.45) is 5.92 Å². The number of esters is 1. The number of hydrogen-bond donors (Lipinski definition) is 2. The largest absolute Gasteiger partial charge is 0.468 e. The summed E-state index contributed by atoms with van der Waals surface area (Å²) in [5.41, 5.74) is 0.858. The normalized spacial score (nSPS) is 23.1. The summed E-state index contributed by atoms with van der Waals surface area (Å²) in [5, 5.41) is 6.26. The number of rotatable bonds is 5. The van der Waals surface area contributed by atoms with Gasteiger partial charge in [0.05, 0.1) is 7.11 Å². The van der Waals surface area contributed by atoms with E-state index in [1.54, 1.807) is 0 Å². The summed E-state index contributed by atoms with van der Waals surface area (Å²) >= 11 is 0. The molecule has 0 aromatic heterocycles. The molecule has 152 valence electrons. The van der Waals surface area contributed by atoms with Gasteiger partial charge in [-0.1, -0.05) is 30.3 Å². The van der Waals surface area contributed by atoms with Gasteiger partial charge in [-0.05, 0) is 31.5 Å². The van der Waals surface area contributed by atoms with Gasteiger partial charge in [0.2, 0.25) is 0 Å². The highest BCUT2D eigenvalue weighted by Crippen LogP contribution is 2.22. The number of amides is 1. The van der Waals surface area contributed by atoms with E-state index in [1.807, 2.05) is 30.3 Å². The lowest BCUT2D eigenvalue weighted by molar-refractivity contribution is -0.149. The summed E-state index contributed by atoms with van der Waals surface area (Å²) in [6.45, 7) is 2.29. The molecule has 1 amide bonds. The average molecular weight is 389 g/mol. The molecule has 2 heterocycles. The van der Waals surface area contributed by atoms with Crippen LogP contribution in [0.5, 0.6) is 0 Å². The molecule has 8 nitrogen and oxygen atoms in total. The maximum atomic E-state index is 13.2. The fourth-order valence-corrected chi connectivity index (χ4v) is 3.78. The van der Waals surface area contributed by atoms with E-state index >= 15 is 0 Å². The Hall–Kier alpha value is -2.45. The molecule has 3 rings (SSSR count). The molecule has 0 saturated carbocycles. The number of ether oxygens (including phenoxy) is 2. The van der Waals surface area contributed by atoms with Gasteiger partial charge in [0.25, 0.3) is 0 Å². The molecule has 2 atom stereocenters. The Bertz CT molecular complexity index is 690. The van der Waals surface area contributed by atoms with Gasteiger partial charge in [-0.15, -0.1) is 0 Å². The summed E-state index contributed by atoms with van der Waals surface area (Å²) in [4.78, 5) is 39.7. The molecular weight excluding hydrogens is 362 g/mol. The van der Waals surface area contributed by atoms with E-state index in [1.165, 1.54) is 12.0 Å². The molecule has 2 unspecified atom stereocenters. The molecule has 8 heteroatoms. The van der Waals surface area contributed by atoms with Crippen molar-refractivity contribution in [3.05, 3.63) is 35.9 Å². The lowest BCUT2D eigenvalue weighted by Crippen LogP contribution is -2.66. The Morgan fingerprint density at radius 2 is 1.82 bits per heavy atom. The summed E-state index contributed by atoms with van der Waals surface area (Å²) in [6, 6.07) is 7.53. The van der Waals surface area contributed by atoms with E-state index < -0.39 is 24.1 Å². The fourth-order valence-electron chi connectivity index (χ4n) is 3.78. The number of methoxy groups -OCH3 is 1. The number of carbonyl (C=O) groups excluding carboxylic acids is 3. The van der Waals surface area contributed by atoms with Crippen LogP contribution in [0.2, 0.25) is 0 Å². The molecule has 2 saturated heterocycles. The maximum absolute atomic E-state index is 13.2. The minimum absolute atomic E-state index is 0.110. The number of nitrogens with zero attached hydrogens (tertiary/aromatic N) is 1. The fraction of sp³-hybridized carbons (Fsp3) is 0.550. The quantitative estimate of drug-likeness (QED) is 0.716. The smallest absolute Gasteiger partial charge is 0.410 e. The maximum Gasteiger partial charge on any atom is 0.410 e. The zero-order chi connectivity index (χ0) is 19.9. The molecule has 2 aliphatic heterocycles. The van der Waals surface area contributed by atoms with Gasteiger partial charge in [0.15, 0.2) is 5.78 Å². The molecular formula is C20H27N3O5. The minimum Gasteiger partial charge on any atom is -0.468 e. The first-order valence-electron chi connectivity index (χ1n) is 9.65. The van der Waals surface area contributed by atoms with Gasteiger partial charge in [-0.2, -0.15) is 0 Å². The van der Waals surface area contributed by atoms with Crippen molar-refractivity contribution in [3.63, 3.8) is 0 Å². The van der Waals surface area contributed by atoms with Gasteiger partial charge < -0.3 is 20.1 Å². The van der Waals surface area contributed by atoms with Crippen LogP contribution in [0.25, 0.3) is 0 Å². The number of benzene rings is 1. The second-order valence-corrected chi connectivity index (χ2v) is 7.06. The van der Waals surface area contributed by atoms with Crippen molar-refractivity contribution in [1.29, 1.82) is 0 Å². The van der Waals surface area contributed by atoms with Crippen LogP contribution in [0, 0.1) is 5.92 Å². The number of ketones is 1. The van der Waals surface area contributed by atoms with E-state index in [2.05, 4.69) is 10.6 Å². The van der Waals surface area contributed by atoms with Crippen LogP contribution < -0.4 is 10.6 Å². The molecule has 2 N–H and O–H groups in total. The van der Waals surface area contributed by atoms with E-state index in [0.717, 1.165) is 18.7 Å². The summed E-state index contributed by atoms with van der Waals surface area (Å²) in [5.74, 6) is -0.851. The summed E-state index contributed by atoms with van der Waals surface area (Å²) in [7, 11) is 1.28. The van der Waals surface area contributed by atoms with Crippen LogP contribution in [-0.4, -0.2) is 68.1 Å². The number of carbonyl (C=O) groups is 3. The summed E-state index contributed by atoms with van der Waals surface area (Å²) in [6.07, 6.45) is 0.790. The topological polar surface area (TPSA) is 97.0 Å². The Labute approximate surface area is 164 Å². The van der Waals surface area contributed by atoms with E-state index in [9.17, 15) is 14.4 Å². The van der Waals surface area contributed by atoms with Crippen LogP contribution in [-0.2, 0) is 25.7 Å². The van der Waals surface area contributed by atoms with Crippen molar-refractivity contribution >= 4 is 17.8 Å². The predicted octanol–water partition coefficient (Wildman–Crippen LogP) is 0.707. The van der Waals surface area contributed by atoms with Crippen molar-refractivity contribution in [2.75, 3.05) is 33.3 Å². The molecule has 0 bridgehead atoms. The predicted molar refractivity (Wildman–Crippen MR) is 102 cm³/mol. The minimum atomic E-state index is -0.924. The Morgan fingerprint density at radius 1 is 1.11 bits per heavy atom. The van der Waals surface area contributed by atoms with Crippen molar-refractivity contribution < 1.29 is 23.9 Å². The summed E-state index contributed by atoms with van der Waals surface area (Å²) < 4.78 is 10.3. The average Bonchev–Trinajstić information content (AvgIpc) is 2.77. The van der Waals surface area contributed by atoms with Crippen molar-refractivity contribution in [3.8, 4) is 0 Å². The Balaban J connectivity index is 1.76. The highest BCUT2D eigenvalue weighted by molar-refractivity contribution is 5.95. The monoisotopic (exact) mass is 389 g/mol. The van der Waals surface area contributed by atoms with Crippen LogP contribution in [0.1, 0.15) is 18.4 Å². The van der Waals surface area contributed by atoms with Crippen LogP contribution in [0.3, 0.4) is 0 Å². The standard InChI is InChI=1S/C20H27N3O5/c1-27-19(25)16-17(18(24)15-7-9-21-10-8-15)23(12-11-22-16)20(26)28-13-14-5-3-2-4-6-14/h2-6,15-17,21-22H,7-13H2,1H3. The molecule has 1 aromatic carbocycles. The highest BCUT2D eigenvalue weighted by atomic mass is 16.6. The number of piperidine rings is 1. The third-order valence-electron chi connectivity index (χ3n) is 5.30. The van der Waals surface area contributed by atoms with Gasteiger partial charge in [-0.3, -0.25) is 14.5 Å². The van der Waals surface area contributed by atoms with Crippen LogP contribution >= 0.6 is 0 Å². The van der Waals surface area contributed by atoms with Crippen LogP contribution in [0.15, 0.2) is 30.3 Å². The zero-order valence-electron chi connectivity index (χ0n) is 16.1. The van der Waals surface area contributed by atoms with Crippen LogP contribution in [0.4, 0.5) is 4.79 Å². The van der Waals surface area contributed by atoms with E-state index in [-0.39, 0.29) is 18.3 Å². The molecule has 28 heavy (non-hydrogen) atoms. The highest BCUT2D eigenvalue weighted by Gasteiger charge is 2.46. The first-order valence-corrected chi connectivity index (χ1v) is 9.65. The Morgan fingerprint density at radius 3 is 2.50 bits per heavy atom. The lowest BCUT2D eigenvalue weighted by Gasteiger charge is -2.40. The molecule has 0 aliphatic carbocycles. The number of nitrogens with one attached hydrogen (secondary N) is 2. The second kappa shape index (κ2) is 9.66. The first kappa shape index (κ1) is 20.3. The zero-order valence-corrected chi connectivity index (χ0v) is 16.1. The molecule has 1 aromatic rings. The molecule has 0 radical (unpaired) electrons. The lowest BCUT2D eigenvalue weighted by atomic mass is 9.85. The van der Waals surface area contributed by atoms with Gasteiger partial charge in [0.1, 0.15) is 18.7 Å². The molecule has 0 spiro atoms.